The van der Waals surface area contributed by atoms with Gasteiger partial charge >= 0.3 is 0 Å². The van der Waals surface area contributed by atoms with E-state index in [1.807, 2.05) is 12.1 Å². The third kappa shape index (κ3) is 3.95. The zero-order chi connectivity index (χ0) is 14.8. The van der Waals surface area contributed by atoms with Gasteiger partial charge in [-0.3, -0.25) is 4.90 Å². The summed E-state index contributed by atoms with van der Waals surface area (Å²) in [7, 11) is 1.69. The first-order chi connectivity index (χ1) is 9.43. The molecule has 2 rings (SSSR count). The summed E-state index contributed by atoms with van der Waals surface area (Å²) in [5.41, 5.74) is 0.890. The molecule has 0 amide bonds. The van der Waals surface area contributed by atoms with Crippen molar-refractivity contribution in [3.8, 4) is 5.75 Å². The van der Waals surface area contributed by atoms with E-state index in [1.165, 1.54) is 0 Å². The summed E-state index contributed by atoms with van der Waals surface area (Å²) >= 11 is 3.50. The Bertz CT molecular complexity index is 464. The van der Waals surface area contributed by atoms with Gasteiger partial charge < -0.3 is 14.6 Å². The van der Waals surface area contributed by atoms with Gasteiger partial charge in [0.15, 0.2) is 0 Å². The Kier molecular flexibility index (Phi) is 5.07. The predicted octanol–water partition coefficient (Wildman–Crippen LogP) is 2.43. The van der Waals surface area contributed by atoms with Crippen molar-refractivity contribution in [2.24, 2.45) is 0 Å². The van der Waals surface area contributed by atoms with Crippen LogP contribution in [0.3, 0.4) is 0 Å². The van der Waals surface area contributed by atoms with Crippen molar-refractivity contribution in [1.29, 1.82) is 0 Å². The van der Waals surface area contributed by atoms with Crippen molar-refractivity contribution < 1.29 is 14.6 Å². The molecule has 1 unspecified atom stereocenters. The Morgan fingerprint density at radius 2 is 2.25 bits per heavy atom. The standard InChI is InChI=1S/C15H22BrNO3/c1-15(2)10-17(8-13(9-18)20-15)7-11-6-12(16)4-5-14(11)19-3/h4-6,13,18H,7-10H2,1-3H3. The van der Waals surface area contributed by atoms with Gasteiger partial charge in [0.1, 0.15) is 5.75 Å². The molecule has 1 saturated heterocycles. The van der Waals surface area contributed by atoms with Crippen molar-refractivity contribution >= 4 is 15.9 Å². The van der Waals surface area contributed by atoms with Crippen LogP contribution in [0.2, 0.25) is 0 Å². The molecular weight excluding hydrogens is 322 g/mol. The van der Waals surface area contributed by atoms with E-state index < -0.39 is 0 Å². The lowest BCUT2D eigenvalue weighted by Crippen LogP contribution is -2.53. The Labute approximate surface area is 128 Å². The minimum Gasteiger partial charge on any atom is -0.496 e. The van der Waals surface area contributed by atoms with Crippen LogP contribution in [-0.4, -0.2) is 48.5 Å². The maximum atomic E-state index is 9.37. The molecule has 0 saturated carbocycles. The molecule has 1 fully saturated rings. The highest BCUT2D eigenvalue weighted by Crippen LogP contribution is 2.27. The van der Waals surface area contributed by atoms with Gasteiger partial charge in [0.2, 0.25) is 0 Å². The maximum absolute atomic E-state index is 9.37. The summed E-state index contributed by atoms with van der Waals surface area (Å²) in [6.07, 6.45) is -0.128. The van der Waals surface area contributed by atoms with E-state index >= 15 is 0 Å². The minimum absolute atomic E-state index is 0.0511. The van der Waals surface area contributed by atoms with Crippen LogP contribution in [0.5, 0.6) is 5.75 Å². The molecule has 4 nitrogen and oxygen atoms in total. The first kappa shape index (κ1) is 15.8. The molecule has 112 valence electrons. The van der Waals surface area contributed by atoms with Gasteiger partial charge in [-0.2, -0.15) is 0 Å². The van der Waals surface area contributed by atoms with Crippen LogP contribution < -0.4 is 4.74 Å². The van der Waals surface area contributed by atoms with E-state index in [0.717, 1.165) is 35.4 Å². The topological polar surface area (TPSA) is 41.9 Å². The van der Waals surface area contributed by atoms with Gasteiger partial charge in [-0.1, -0.05) is 15.9 Å². The Hall–Kier alpha value is -0.620. The Morgan fingerprint density at radius 3 is 2.90 bits per heavy atom. The molecule has 0 spiro atoms. The zero-order valence-corrected chi connectivity index (χ0v) is 13.8. The largest absolute Gasteiger partial charge is 0.496 e. The van der Waals surface area contributed by atoms with Crippen molar-refractivity contribution in [1.82, 2.24) is 4.90 Å². The number of morpholine rings is 1. The average molecular weight is 344 g/mol. The summed E-state index contributed by atoms with van der Waals surface area (Å²) in [6.45, 7) is 6.51. The lowest BCUT2D eigenvalue weighted by molar-refractivity contribution is -0.150. The van der Waals surface area contributed by atoms with Gasteiger partial charge in [0, 0.05) is 29.7 Å². The van der Waals surface area contributed by atoms with Crippen LogP contribution in [0.1, 0.15) is 19.4 Å². The summed E-state index contributed by atoms with van der Waals surface area (Å²) in [5.74, 6) is 0.887. The second-order valence-corrected chi connectivity index (χ2v) is 6.72. The number of rotatable bonds is 4. The molecule has 0 bridgehead atoms. The van der Waals surface area contributed by atoms with Crippen molar-refractivity contribution in [3.63, 3.8) is 0 Å². The molecule has 1 aliphatic heterocycles. The number of hydrogen-bond acceptors (Lipinski definition) is 4. The van der Waals surface area contributed by atoms with E-state index in [4.69, 9.17) is 9.47 Å². The molecule has 1 aliphatic rings. The number of nitrogens with zero attached hydrogens (tertiary/aromatic N) is 1. The quantitative estimate of drug-likeness (QED) is 0.911. The second-order valence-electron chi connectivity index (χ2n) is 5.81. The number of hydrogen-bond donors (Lipinski definition) is 1. The number of methoxy groups -OCH3 is 1. The molecule has 0 aromatic heterocycles. The highest BCUT2D eigenvalue weighted by molar-refractivity contribution is 9.10. The van der Waals surface area contributed by atoms with Crippen LogP contribution in [-0.2, 0) is 11.3 Å². The second kappa shape index (κ2) is 6.43. The van der Waals surface area contributed by atoms with E-state index in [1.54, 1.807) is 7.11 Å². The predicted molar refractivity (Wildman–Crippen MR) is 82.0 cm³/mol. The molecule has 1 aromatic carbocycles. The molecule has 0 radical (unpaired) electrons. The van der Waals surface area contributed by atoms with E-state index in [0.29, 0.717) is 0 Å². The highest BCUT2D eigenvalue weighted by atomic mass is 79.9. The van der Waals surface area contributed by atoms with Crippen LogP contribution in [0.4, 0.5) is 0 Å². The molecule has 1 N–H and O–H groups in total. The number of ether oxygens (including phenoxy) is 2. The summed E-state index contributed by atoms with van der Waals surface area (Å²) < 4.78 is 12.3. The third-order valence-electron chi connectivity index (χ3n) is 3.39. The minimum atomic E-state index is -0.245. The van der Waals surface area contributed by atoms with Crippen LogP contribution in [0, 0.1) is 0 Å². The fraction of sp³-hybridized carbons (Fsp3) is 0.600. The maximum Gasteiger partial charge on any atom is 0.123 e. The molecule has 1 atom stereocenters. The lowest BCUT2D eigenvalue weighted by Gasteiger charge is -2.42. The molecule has 0 aliphatic carbocycles. The van der Waals surface area contributed by atoms with Crippen molar-refractivity contribution in [2.75, 3.05) is 26.8 Å². The monoisotopic (exact) mass is 343 g/mol. The van der Waals surface area contributed by atoms with Gasteiger partial charge in [0.25, 0.3) is 0 Å². The van der Waals surface area contributed by atoms with Gasteiger partial charge in [-0.15, -0.1) is 0 Å². The number of aliphatic hydroxyl groups is 1. The third-order valence-corrected chi connectivity index (χ3v) is 3.89. The van der Waals surface area contributed by atoms with E-state index in [-0.39, 0.29) is 18.3 Å². The van der Waals surface area contributed by atoms with Crippen LogP contribution in [0.25, 0.3) is 0 Å². The summed E-state index contributed by atoms with van der Waals surface area (Å²) in [4.78, 5) is 2.30. The normalized spacial score (nSPS) is 22.8. The van der Waals surface area contributed by atoms with Crippen molar-refractivity contribution in [3.05, 3.63) is 28.2 Å². The fourth-order valence-corrected chi connectivity index (χ4v) is 3.15. The summed E-state index contributed by atoms with van der Waals surface area (Å²) in [6, 6.07) is 6.02. The zero-order valence-electron chi connectivity index (χ0n) is 12.2. The Morgan fingerprint density at radius 1 is 1.50 bits per heavy atom. The number of aliphatic hydroxyl groups excluding tert-OH is 1. The van der Waals surface area contributed by atoms with Gasteiger partial charge in [0.05, 0.1) is 25.4 Å². The number of halogens is 1. The molecule has 5 heteroatoms. The van der Waals surface area contributed by atoms with E-state index in [9.17, 15) is 5.11 Å². The molecular formula is C15H22BrNO3. The smallest absolute Gasteiger partial charge is 0.123 e. The molecule has 1 heterocycles. The SMILES string of the molecule is COc1ccc(Br)cc1CN1CC(CO)OC(C)(C)C1. The molecule has 20 heavy (non-hydrogen) atoms. The highest BCUT2D eigenvalue weighted by Gasteiger charge is 2.33. The first-order valence-electron chi connectivity index (χ1n) is 6.77. The summed E-state index contributed by atoms with van der Waals surface area (Å²) in [5, 5.41) is 9.37. The average Bonchev–Trinajstić information content (AvgIpc) is 2.37. The van der Waals surface area contributed by atoms with Gasteiger partial charge in [-0.05, 0) is 32.0 Å². The van der Waals surface area contributed by atoms with Crippen LogP contribution >= 0.6 is 15.9 Å². The first-order valence-corrected chi connectivity index (χ1v) is 7.56. The molecule has 1 aromatic rings. The number of benzene rings is 1. The Balaban J connectivity index is 2.14. The lowest BCUT2D eigenvalue weighted by atomic mass is 10.0. The van der Waals surface area contributed by atoms with Crippen molar-refractivity contribution in [2.45, 2.75) is 32.1 Å². The fourth-order valence-electron chi connectivity index (χ4n) is 2.74. The van der Waals surface area contributed by atoms with E-state index in [2.05, 4.69) is 40.7 Å². The van der Waals surface area contributed by atoms with Gasteiger partial charge in [-0.25, -0.2) is 0 Å². The van der Waals surface area contributed by atoms with Crippen LogP contribution in [0.15, 0.2) is 22.7 Å².